The van der Waals surface area contributed by atoms with Gasteiger partial charge in [-0.3, -0.25) is 10.1 Å². The highest BCUT2D eigenvalue weighted by Crippen LogP contribution is 2.40. The van der Waals surface area contributed by atoms with E-state index < -0.39 is 4.92 Å². The van der Waals surface area contributed by atoms with Crippen molar-refractivity contribution in [3.8, 4) is 5.88 Å². The fraction of sp³-hybridized carbons (Fsp3) is 0.438. The number of rotatable bonds is 4. The van der Waals surface area contributed by atoms with E-state index in [9.17, 15) is 10.1 Å². The fourth-order valence-corrected chi connectivity index (χ4v) is 2.97. The fourth-order valence-electron chi connectivity index (χ4n) is 2.97. The van der Waals surface area contributed by atoms with Crippen molar-refractivity contribution in [2.24, 2.45) is 0 Å². The smallest absolute Gasteiger partial charge is 0.354 e. The van der Waals surface area contributed by atoms with Crippen molar-refractivity contribution in [3.05, 3.63) is 34.4 Å². The first-order chi connectivity index (χ1) is 11.1. The van der Waals surface area contributed by atoms with Gasteiger partial charge in [-0.25, -0.2) is 4.98 Å². The molecule has 2 atom stereocenters. The Bertz CT molecular complexity index is 735. The molecule has 1 aromatic heterocycles. The number of hydrogen-bond acceptors (Lipinski definition) is 6. The molecular formula is C16H19N3O4. The van der Waals surface area contributed by atoms with Gasteiger partial charge in [0.15, 0.2) is 0 Å². The molecule has 0 amide bonds. The van der Waals surface area contributed by atoms with E-state index in [1.54, 1.807) is 0 Å². The number of benzene rings is 1. The Balaban J connectivity index is 2.11. The standard InChI is InChI=1S/C16H19N3O4/c1-10-9-11(7-8-23-10)17-14-12-5-3-4-6-13(12)18-16(22-2)15(14)19(20)21/h3-6,10-11H,7-9H2,1-2H3,(H,17,18)/t10-,11-/m0/s1. The van der Waals surface area contributed by atoms with Crippen LogP contribution in [-0.4, -0.2) is 35.8 Å². The number of ether oxygens (including phenoxy) is 2. The number of methoxy groups -OCH3 is 1. The molecule has 7 nitrogen and oxygen atoms in total. The summed E-state index contributed by atoms with van der Waals surface area (Å²) in [6.07, 6.45) is 1.74. The Morgan fingerprint density at radius 3 is 2.91 bits per heavy atom. The second-order valence-corrected chi connectivity index (χ2v) is 5.67. The van der Waals surface area contributed by atoms with Gasteiger partial charge >= 0.3 is 5.69 Å². The lowest BCUT2D eigenvalue weighted by Gasteiger charge is -2.29. The first kappa shape index (κ1) is 15.5. The number of fused-ring (bicyclic) bond motifs is 1. The Morgan fingerprint density at radius 2 is 2.22 bits per heavy atom. The van der Waals surface area contributed by atoms with Gasteiger partial charge in [0.2, 0.25) is 0 Å². The molecule has 1 aromatic carbocycles. The highest BCUT2D eigenvalue weighted by Gasteiger charge is 2.29. The predicted octanol–water partition coefficient (Wildman–Crippen LogP) is 3.13. The molecule has 2 heterocycles. The molecule has 1 aliphatic heterocycles. The maximum absolute atomic E-state index is 11.6. The quantitative estimate of drug-likeness (QED) is 0.688. The molecule has 1 saturated heterocycles. The van der Waals surface area contributed by atoms with Gasteiger partial charge in [-0.05, 0) is 25.8 Å². The monoisotopic (exact) mass is 317 g/mol. The van der Waals surface area contributed by atoms with Gasteiger partial charge in [-0.1, -0.05) is 18.2 Å². The average molecular weight is 317 g/mol. The highest BCUT2D eigenvalue weighted by atomic mass is 16.6. The molecule has 23 heavy (non-hydrogen) atoms. The largest absolute Gasteiger partial charge is 0.476 e. The summed E-state index contributed by atoms with van der Waals surface area (Å²) in [5.74, 6) is 0.0244. The van der Waals surface area contributed by atoms with E-state index in [4.69, 9.17) is 9.47 Å². The lowest BCUT2D eigenvalue weighted by molar-refractivity contribution is -0.385. The van der Waals surface area contributed by atoms with Crippen LogP contribution in [0.15, 0.2) is 24.3 Å². The number of aromatic nitrogens is 1. The topological polar surface area (TPSA) is 86.5 Å². The summed E-state index contributed by atoms with van der Waals surface area (Å²) in [7, 11) is 1.39. The van der Waals surface area contributed by atoms with Crippen molar-refractivity contribution in [2.45, 2.75) is 31.9 Å². The van der Waals surface area contributed by atoms with Crippen LogP contribution in [0, 0.1) is 10.1 Å². The van der Waals surface area contributed by atoms with Crippen molar-refractivity contribution < 1.29 is 14.4 Å². The Kier molecular flexibility index (Phi) is 4.29. The summed E-state index contributed by atoms with van der Waals surface area (Å²) in [6.45, 7) is 2.65. The van der Waals surface area contributed by atoms with Crippen molar-refractivity contribution in [1.29, 1.82) is 0 Å². The Morgan fingerprint density at radius 1 is 1.43 bits per heavy atom. The number of hydrogen-bond donors (Lipinski definition) is 1. The number of anilines is 1. The number of nitro groups is 1. The number of pyridine rings is 1. The average Bonchev–Trinajstić information content (AvgIpc) is 2.54. The van der Waals surface area contributed by atoms with E-state index >= 15 is 0 Å². The second-order valence-electron chi connectivity index (χ2n) is 5.67. The second kappa shape index (κ2) is 6.37. The molecule has 122 valence electrons. The van der Waals surface area contributed by atoms with Crippen molar-refractivity contribution >= 4 is 22.3 Å². The van der Waals surface area contributed by atoms with Crippen molar-refractivity contribution in [2.75, 3.05) is 19.0 Å². The third kappa shape index (κ3) is 3.05. The molecule has 7 heteroatoms. The van der Waals surface area contributed by atoms with Crippen LogP contribution < -0.4 is 10.1 Å². The molecule has 0 saturated carbocycles. The summed E-state index contributed by atoms with van der Waals surface area (Å²) >= 11 is 0. The zero-order chi connectivity index (χ0) is 16.4. The van der Waals surface area contributed by atoms with Crippen LogP contribution in [0.3, 0.4) is 0 Å². The Labute approximate surface area is 133 Å². The molecule has 0 unspecified atom stereocenters. The summed E-state index contributed by atoms with van der Waals surface area (Å²) in [5.41, 5.74) is 1.01. The maximum atomic E-state index is 11.6. The van der Waals surface area contributed by atoms with E-state index in [2.05, 4.69) is 10.3 Å². The molecule has 1 fully saturated rings. The first-order valence-corrected chi connectivity index (χ1v) is 7.59. The van der Waals surface area contributed by atoms with Crippen LogP contribution in [0.25, 0.3) is 10.9 Å². The predicted molar refractivity (Wildman–Crippen MR) is 87.0 cm³/mol. The van der Waals surface area contributed by atoms with Gasteiger partial charge in [-0.15, -0.1) is 0 Å². The first-order valence-electron chi connectivity index (χ1n) is 7.59. The maximum Gasteiger partial charge on any atom is 0.354 e. The number of nitrogens with one attached hydrogen (secondary N) is 1. The summed E-state index contributed by atoms with van der Waals surface area (Å²) in [6, 6.07) is 7.46. The van der Waals surface area contributed by atoms with E-state index in [1.165, 1.54) is 7.11 Å². The zero-order valence-electron chi connectivity index (χ0n) is 13.1. The third-order valence-corrected chi connectivity index (χ3v) is 4.04. The SMILES string of the molecule is COc1nc2ccccc2c(N[C@H]2CCO[C@@H](C)C2)c1[N+](=O)[O-]. The van der Waals surface area contributed by atoms with E-state index in [0.29, 0.717) is 17.8 Å². The minimum absolute atomic E-state index is 0.0244. The molecule has 1 N–H and O–H groups in total. The van der Waals surface area contributed by atoms with Crippen LogP contribution >= 0.6 is 0 Å². The summed E-state index contributed by atoms with van der Waals surface area (Å²) in [5, 5.41) is 15.6. The zero-order valence-corrected chi connectivity index (χ0v) is 13.1. The van der Waals surface area contributed by atoms with Gasteiger partial charge in [-0.2, -0.15) is 0 Å². The van der Waals surface area contributed by atoms with Crippen LogP contribution in [0.1, 0.15) is 19.8 Å². The third-order valence-electron chi connectivity index (χ3n) is 4.04. The number of nitrogens with zero attached hydrogens (tertiary/aromatic N) is 2. The molecule has 3 rings (SSSR count). The van der Waals surface area contributed by atoms with Gasteiger partial charge in [0, 0.05) is 18.0 Å². The van der Waals surface area contributed by atoms with Gasteiger partial charge in [0.1, 0.15) is 5.69 Å². The van der Waals surface area contributed by atoms with Crippen LogP contribution in [0.4, 0.5) is 11.4 Å². The molecule has 0 bridgehead atoms. The van der Waals surface area contributed by atoms with Gasteiger partial charge in [0.05, 0.1) is 23.7 Å². The van der Waals surface area contributed by atoms with Gasteiger partial charge in [0.25, 0.3) is 5.88 Å². The van der Waals surface area contributed by atoms with E-state index in [1.807, 2.05) is 31.2 Å². The van der Waals surface area contributed by atoms with Crippen molar-refractivity contribution in [1.82, 2.24) is 4.98 Å². The molecule has 0 spiro atoms. The van der Waals surface area contributed by atoms with Gasteiger partial charge < -0.3 is 14.8 Å². The van der Waals surface area contributed by atoms with E-state index in [0.717, 1.165) is 18.2 Å². The summed E-state index contributed by atoms with van der Waals surface area (Å²) in [4.78, 5) is 15.4. The lowest BCUT2D eigenvalue weighted by atomic mass is 10.0. The normalized spacial score (nSPS) is 21.1. The lowest BCUT2D eigenvalue weighted by Crippen LogP contribution is -2.32. The molecule has 0 aliphatic carbocycles. The molecule has 0 radical (unpaired) electrons. The van der Waals surface area contributed by atoms with E-state index in [-0.39, 0.29) is 23.7 Å². The van der Waals surface area contributed by atoms with Crippen LogP contribution in [-0.2, 0) is 4.74 Å². The minimum Gasteiger partial charge on any atom is -0.476 e. The molecular weight excluding hydrogens is 298 g/mol. The number of para-hydroxylation sites is 1. The highest BCUT2D eigenvalue weighted by molar-refractivity contribution is 5.97. The minimum atomic E-state index is -0.441. The Hall–Kier alpha value is -2.41. The van der Waals surface area contributed by atoms with Crippen molar-refractivity contribution in [3.63, 3.8) is 0 Å². The van der Waals surface area contributed by atoms with Crippen LogP contribution in [0.5, 0.6) is 5.88 Å². The van der Waals surface area contributed by atoms with Crippen LogP contribution in [0.2, 0.25) is 0 Å². The molecule has 2 aromatic rings. The summed E-state index contributed by atoms with van der Waals surface area (Å²) < 4.78 is 10.7. The molecule has 1 aliphatic rings.